The number of hydrogen-bond donors (Lipinski definition) is 0. The first-order valence-corrected chi connectivity index (χ1v) is 4.42. The van der Waals surface area contributed by atoms with Crippen LogP contribution in [0.5, 0.6) is 0 Å². The number of halogens is 1. The van der Waals surface area contributed by atoms with Gasteiger partial charge in [-0.3, -0.25) is 4.79 Å². The summed E-state index contributed by atoms with van der Waals surface area (Å²) >= 11 is 5.31. The highest BCUT2D eigenvalue weighted by Crippen LogP contribution is 2.10. The van der Waals surface area contributed by atoms with Crippen LogP contribution in [0.15, 0.2) is 29.8 Å². The Morgan fingerprint density at radius 3 is 2.15 bits per heavy atom. The summed E-state index contributed by atoms with van der Waals surface area (Å²) in [6.45, 7) is 4.06. The molecule has 0 N–H and O–H groups in total. The van der Waals surface area contributed by atoms with Crippen molar-refractivity contribution in [1.29, 1.82) is 0 Å². The van der Waals surface area contributed by atoms with Crippen LogP contribution in [0.1, 0.15) is 29.8 Å². The Morgan fingerprint density at radius 2 is 1.77 bits per heavy atom. The van der Waals surface area contributed by atoms with E-state index in [1.54, 1.807) is 12.1 Å². The van der Waals surface area contributed by atoms with Crippen molar-refractivity contribution >= 4 is 22.9 Å². The van der Waals surface area contributed by atoms with Gasteiger partial charge in [-0.2, -0.15) is 0 Å². The standard InChI is InChI=1S/C11H11ClO/c1-8(2)7-9-3-5-10(6-4-9)11(12)13/h3-7H,1-2H3. The Bertz CT molecular complexity index is 332. The van der Waals surface area contributed by atoms with E-state index in [0.717, 1.165) is 5.56 Å². The largest absolute Gasteiger partial charge is 0.276 e. The second kappa shape index (κ2) is 4.24. The van der Waals surface area contributed by atoms with Gasteiger partial charge in [0.2, 0.25) is 0 Å². The fourth-order valence-electron chi connectivity index (χ4n) is 1.04. The summed E-state index contributed by atoms with van der Waals surface area (Å²) in [5, 5.41) is -0.413. The minimum atomic E-state index is -0.413. The zero-order valence-electron chi connectivity index (χ0n) is 7.67. The molecule has 0 amide bonds. The molecule has 13 heavy (non-hydrogen) atoms. The van der Waals surface area contributed by atoms with E-state index in [1.807, 2.05) is 32.1 Å². The van der Waals surface area contributed by atoms with E-state index in [4.69, 9.17) is 11.6 Å². The Balaban J connectivity index is 2.94. The monoisotopic (exact) mass is 194 g/mol. The fourth-order valence-corrected chi connectivity index (χ4v) is 1.17. The maximum Gasteiger partial charge on any atom is 0.252 e. The summed E-state index contributed by atoms with van der Waals surface area (Å²) in [5.41, 5.74) is 2.85. The fraction of sp³-hybridized carbons (Fsp3) is 0.182. The first kappa shape index (κ1) is 10.0. The van der Waals surface area contributed by atoms with Crippen LogP contribution in [0.2, 0.25) is 0 Å². The predicted octanol–water partition coefficient (Wildman–Crippen LogP) is 3.49. The van der Waals surface area contributed by atoms with Gasteiger partial charge in [-0.15, -0.1) is 0 Å². The van der Waals surface area contributed by atoms with Crippen LogP contribution >= 0.6 is 11.6 Å². The van der Waals surface area contributed by atoms with Crippen molar-refractivity contribution in [2.24, 2.45) is 0 Å². The highest BCUT2D eigenvalue weighted by Gasteiger charge is 1.99. The van der Waals surface area contributed by atoms with Crippen molar-refractivity contribution < 1.29 is 4.79 Å². The van der Waals surface area contributed by atoms with E-state index in [1.165, 1.54) is 5.57 Å². The van der Waals surface area contributed by atoms with Crippen LogP contribution < -0.4 is 0 Å². The molecular weight excluding hydrogens is 184 g/mol. The first-order chi connectivity index (χ1) is 6.09. The van der Waals surface area contributed by atoms with Crippen LogP contribution in [-0.4, -0.2) is 5.24 Å². The van der Waals surface area contributed by atoms with Gasteiger partial charge in [-0.1, -0.05) is 23.8 Å². The molecular formula is C11H11ClO. The second-order valence-electron chi connectivity index (χ2n) is 3.12. The van der Waals surface area contributed by atoms with Crippen LogP contribution in [0.4, 0.5) is 0 Å². The molecule has 0 aliphatic carbocycles. The molecule has 0 aromatic heterocycles. The predicted molar refractivity (Wildman–Crippen MR) is 56.0 cm³/mol. The molecule has 0 fully saturated rings. The lowest BCUT2D eigenvalue weighted by Gasteiger charge is -1.96. The number of rotatable bonds is 2. The third kappa shape index (κ3) is 3.03. The van der Waals surface area contributed by atoms with E-state index in [0.29, 0.717) is 5.56 Å². The molecule has 0 aliphatic heterocycles. The molecule has 0 spiro atoms. The number of allylic oxidation sites excluding steroid dienone is 1. The van der Waals surface area contributed by atoms with E-state index in [-0.39, 0.29) is 0 Å². The lowest BCUT2D eigenvalue weighted by atomic mass is 10.1. The molecule has 0 saturated heterocycles. The Labute approximate surface area is 83.0 Å². The van der Waals surface area contributed by atoms with Crippen LogP contribution in [0, 0.1) is 0 Å². The summed E-state index contributed by atoms with van der Waals surface area (Å²) in [7, 11) is 0. The molecule has 2 heteroatoms. The maximum absolute atomic E-state index is 10.7. The Hall–Kier alpha value is -1.08. The molecule has 1 nitrogen and oxygen atoms in total. The molecule has 0 bridgehead atoms. The smallest absolute Gasteiger partial charge is 0.252 e. The molecule has 0 unspecified atom stereocenters. The van der Waals surface area contributed by atoms with Crippen molar-refractivity contribution in [2.75, 3.05) is 0 Å². The zero-order chi connectivity index (χ0) is 9.84. The van der Waals surface area contributed by atoms with Gasteiger partial charge in [0, 0.05) is 5.56 Å². The highest BCUT2D eigenvalue weighted by atomic mass is 35.5. The van der Waals surface area contributed by atoms with Gasteiger partial charge in [0.15, 0.2) is 0 Å². The summed E-state index contributed by atoms with van der Waals surface area (Å²) in [5.74, 6) is 0. The van der Waals surface area contributed by atoms with Gasteiger partial charge in [0.05, 0.1) is 0 Å². The number of carbonyl (C=O) groups is 1. The SMILES string of the molecule is CC(C)=Cc1ccc(C(=O)Cl)cc1. The third-order valence-electron chi connectivity index (χ3n) is 1.59. The third-order valence-corrected chi connectivity index (χ3v) is 1.81. The van der Waals surface area contributed by atoms with Gasteiger partial charge in [-0.25, -0.2) is 0 Å². The minimum Gasteiger partial charge on any atom is -0.276 e. The summed E-state index contributed by atoms with van der Waals surface area (Å²) in [6, 6.07) is 7.21. The van der Waals surface area contributed by atoms with Crippen LogP contribution in [-0.2, 0) is 0 Å². The van der Waals surface area contributed by atoms with Gasteiger partial charge >= 0.3 is 0 Å². The van der Waals surface area contributed by atoms with E-state index in [9.17, 15) is 4.79 Å². The van der Waals surface area contributed by atoms with Gasteiger partial charge < -0.3 is 0 Å². The van der Waals surface area contributed by atoms with Gasteiger partial charge in [0.25, 0.3) is 5.24 Å². The normalized spacial score (nSPS) is 9.46. The molecule has 0 heterocycles. The van der Waals surface area contributed by atoms with E-state index < -0.39 is 5.24 Å². The van der Waals surface area contributed by atoms with Crippen molar-refractivity contribution in [3.63, 3.8) is 0 Å². The lowest BCUT2D eigenvalue weighted by molar-refractivity contribution is 0.108. The van der Waals surface area contributed by atoms with Crippen molar-refractivity contribution in [3.8, 4) is 0 Å². The number of carbonyl (C=O) groups excluding carboxylic acids is 1. The molecule has 0 saturated carbocycles. The highest BCUT2D eigenvalue weighted by molar-refractivity contribution is 6.67. The number of benzene rings is 1. The van der Waals surface area contributed by atoms with Crippen molar-refractivity contribution in [3.05, 3.63) is 41.0 Å². The molecule has 1 aromatic rings. The zero-order valence-corrected chi connectivity index (χ0v) is 8.43. The summed E-state index contributed by atoms with van der Waals surface area (Å²) in [6.07, 6.45) is 2.04. The van der Waals surface area contributed by atoms with Gasteiger partial charge in [0.1, 0.15) is 0 Å². The topological polar surface area (TPSA) is 17.1 Å². The molecule has 1 aromatic carbocycles. The van der Waals surface area contributed by atoms with Crippen molar-refractivity contribution in [2.45, 2.75) is 13.8 Å². The molecule has 68 valence electrons. The van der Waals surface area contributed by atoms with Gasteiger partial charge in [-0.05, 0) is 43.1 Å². The van der Waals surface area contributed by atoms with Crippen LogP contribution in [0.3, 0.4) is 0 Å². The Kier molecular flexibility index (Phi) is 3.26. The van der Waals surface area contributed by atoms with Crippen molar-refractivity contribution in [1.82, 2.24) is 0 Å². The molecule has 0 radical (unpaired) electrons. The second-order valence-corrected chi connectivity index (χ2v) is 3.46. The van der Waals surface area contributed by atoms with Crippen LogP contribution in [0.25, 0.3) is 6.08 Å². The molecule has 0 atom stereocenters. The number of hydrogen-bond acceptors (Lipinski definition) is 1. The molecule has 0 aliphatic rings. The minimum absolute atomic E-state index is 0.413. The van der Waals surface area contributed by atoms with E-state index >= 15 is 0 Å². The average molecular weight is 195 g/mol. The van der Waals surface area contributed by atoms with E-state index in [2.05, 4.69) is 0 Å². The summed E-state index contributed by atoms with van der Waals surface area (Å²) < 4.78 is 0. The first-order valence-electron chi connectivity index (χ1n) is 4.04. The summed E-state index contributed by atoms with van der Waals surface area (Å²) in [4.78, 5) is 10.7. The lowest BCUT2D eigenvalue weighted by Crippen LogP contribution is -1.87. The quantitative estimate of drug-likeness (QED) is 0.659. The maximum atomic E-state index is 10.7. The Morgan fingerprint density at radius 1 is 1.23 bits per heavy atom. The molecule has 1 rings (SSSR count). The average Bonchev–Trinajstić information content (AvgIpc) is 2.04.